The van der Waals surface area contributed by atoms with E-state index >= 15 is 0 Å². The van der Waals surface area contributed by atoms with Crippen LogP contribution in [0.25, 0.3) is 0 Å². The molecular weight excluding hydrogens is 268 g/mol. The largest absolute Gasteiger partial charge is 0.483 e. The van der Waals surface area contributed by atoms with E-state index in [0.717, 1.165) is 5.56 Å². The lowest BCUT2D eigenvalue weighted by molar-refractivity contribution is -0.122. The van der Waals surface area contributed by atoms with Crippen molar-refractivity contribution < 1.29 is 14.3 Å². The Morgan fingerprint density at radius 1 is 1.37 bits per heavy atom. The summed E-state index contributed by atoms with van der Waals surface area (Å²) in [5, 5.41) is 5.32. The van der Waals surface area contributed by atoms with Gasteiger partial charge in [-0.2, -0.15) is 0 Å². The fourth-order valence-corrected chi connectivity index (χ4v) is 1.61. The van der Waals surface area contributed by atoms with Gasteiger partial charge >= 0.3 is 6.03 Å². The Balaban J connectivity index is 2.44. The van der Waals surface area contributed by atoms with Crippen molar-refractivity contribution in [3.8, 4) is 5.75 Å². The highest BCUT2D eigenvalue weighted by Crippen LogP contribution is 2.21. The quantitative estimate of drug-likeness (QED) is 0.891. The van der Waals surface area contributed by atoms with Gasteiger partial charge in [0.2, 0.25) is 0 Å². The predicted octanol–water partition coefficient (Wildman–Crippen LogP) is 2.26. The zero-order chi connectivity index (χ0) is 14.4. The van der Waals surface area contributed by atoms with Gasteiger partial charge in [0.05, 0.1) is 0 Å². The van der Waals surface area contributed by atoms with E-state index in [1.807, 2.05) is 6.92 Å². The molecule has 1 aromatic rings. The first kappa shape index (κ1) is 15.3. The number of benzene rings is 1. The number of imide groups is 1. The molecule has 0 aromatic heterocycles. The second-order valence-electron chi connectivity index (χ2n) is 4.37. The fraction of sp³-hybridized carbons (Fsp3) is 0.385. The third-order valence-corrected chi connectivity index (χ3v) is 2.40. The summed E-state index contributed by atoms with van der Waals surface area (Å²) in [6.07, 6.45) is 0. The van der Waals surface area contributed by atoms with E-state index in [2.05, 4.69) is 10.6 Å². The molecule has 104 valence electrons. The van der Waals surface area contributed by atoms with Crippen molar-refractivity contribution in [2.24, 2.45) is 0 Å². The second-order valence-corrected chi connectivity index (χ2v) is 4.81. The summed E-state index contributed by atoms with van der Waals surface area (Å²) < 4.78 is 5.31. The zero-order valence-electron chi connectivity index (χ0n) is 11.1. The summed E-state index contributed by atoms with van der Waals surface area (Å²) >= 11 is 5.81. The molecule has 0 atom stereocenters. The van der Waals surface area contributed by atoms with Crippen LogP contribution in [0, 0.1) is 6.92 Å². The van der Waals surface area contributed by atoms with Gasteiger partial charge in [0, 0.05) is 11.1 Å². The number of halogens is 1. The minimum Gasteiger partial charge on any atom is -0.483 e. The first-order chi connectivity index (χ1) is 8.88. The zero-order valence-corrected chi connectivity index (χ0v) is 11.9. The number of urea groups is 1. The van der Waals surface area contributed by atoms with Crippen LogP contribution in [0.5, 0.6) is 5.75 Å². The summed E-state index contributed by atoms with van der Waals surface area (Å²) in [5.74, 6) is 0.0521. The van der Waals surface area contributed by atoms with E-state index in [1.165, 1.54) is 0 Å². The summed E-state index contributed by atoms with van der Waals surface area (Å²) in [6.45, 7) is 5.20. The van der Waals surface area contributed by atoms with Crippen LogP contribution in [0.3, 0.4) is 0 Å². The highest BCUT2D eigenvalue weighted by Gasteiger charge is 2.10. The molecule has 0 heterocycles. The number of rotatable bonds is 4. The van der Waals surface area contributed by atoms with Gasteiger partial charge in [-0.3, -0.25) is 10.1 Å². The number of nitrogens with one attached hydrogen (secondary N) is 2. The second kappa shape index (κ2) is 6.99. The van der Waals surface area contributed by atoms with Crippen LogP contribution in [0.2, 0.25) is 5.02 Å². The normalized spacial score (nSPS) is 10.2. The molecule has 0 aliphatic carbocycles. The first-order valence-electron chi connectivity index (χ1n) is 5.87. The van der Waals surface area contributed by atoms with Gasteiger partial charge in [-0.1, -0.05) is 11.6 Å². The number of ether oxygens (including phenoxy) is 1. The molecule has 0 aliphatic heterocycles. The standard InChI is InChI=1S/C13H17ClN2O3/c1-8(2)15-13(18)16-12(17)7-19-11-5-4-10(14)6-9(11)3/h4-6,8H,7H2,1-3H3,(H2,15,16,17,18). The predicted molar refractivity (Wildman–Crippen MR) is 73.5 cm³/mol. The number of hydrogen-bond acceptors (Lipinski definition) is 3. The third-order valence-electron chi connectivity index (χ3n) is 2.17. The maximum absolute atomic E-state index is 11.5. The maximum Gasteiger partial charge on any atom is 0.321 e. The number of carbonyl (C=O) groups is 2. The van der Waals surface area contributed by atoms with Crippen LogP contribution < -0.4 is 15.4 Å². The van der Waals surface area contributed by atoms with E-state index in [-0.39, 0.29) is 12.6 Å². The molecule has 0 spiro atoms. The Kier molecular flexibility index (Phi) is 5.63. The van der Waals surface area contributed by atoms with Gasteiger partial charge in [0.15, 0.2) is 6.61 Å². The average Bonchev–Trinajstić information content (AvgIpc) is 2.26. The maximum atomic E-state index is 11.5. The average molecular weight is 285 g/mol. The lowest BCUT2D eigenvalue weighted by atomic mass is 10.2. The molecule has 0 saturated heterocycles. The number of aryl methyl sites for hydroxylation is 1. The summed E-state index contributed by atoms with van der Waals surface area (Å²) in [4.78, 5) is 22.7. The van der Waals surface area contributed by atoms with Crippen molar-refractivity contribution >= 4 is 23.5 Å². The van der Waals surface area contributed by atoms with Crippen LogP contribution in [0.15, 0.2) is 18.2 Å². The number of carbonyl (C=O) groups excluding carboxylic acids is 2. The molecule has 2 N–H and O–H groups in total. The van der Waals surface area contributed by atoms with E-state index in [0.29, 0.717) is 10.8 Å². The lowest BCUT2D eigenvalue weighted by Crippen LogP contribution is -2.44. The van der Waals surface area contributed by atoms with Gasteiger partial charge in [0.1, 0.15) is 5.75 Å². The van der Waals surface area contributed by atoms with Gasteiger partial charge in [-0.15, -0.1) is 0 Å². The van der Waals surface area contributed by atoms with Gasteiger partial charge in [-0.25, -0.2) is 4.79 Å². The molecule has 5 nitrogen and oxygen atoms in total. The Bertz CT molecular complexity index is 475. The van der Waals surface area contributed by atoms with Gasteiger partial charge in [-0.05, 0) is 44.5 Å². The Morgan fingerprint density at radius 2 is 2.05 bits per heavy atom. The molecule has 0 fully saturated rings. The van der Waals surface area contributed by atoms with Crippen molar-refractivity contribution in [2.45, 2.75) is 26.8 Å². The van der Waals surface area contributed by atoms with E-state index < -0.39 is 11.9 Å². The molecule has 0 saturated carbocycles. The Labute approximate surface area is 117 Å². The lowest BCUT2D eigenvalue weighted by Gasteiger charge is -2.11. The first-order valence-corrected chi connectivity index (χ1v) is 6.25. The smallest absolute Gasteiger partial charge is 0.321 e. The van der Waals surface area contributed by atoms with E-state index in [9.17, 15) is 9.59 Å². The number of amides is 3. The SMILES string of the molecule is Cc1cc(Cl)ccc1OCC(=O)NC(=O)NC(C)C. The van der Waals surface area contributed by atoms with E-state index in [4.69, 9.17) is 16.3 Å². The molecular formula is C13H17ClN2O3. The molecule has 0 unspecified atom stereocenters. The van der Waals surface area contributed by atoms with Gasteiger partial charge in [0.25, 0.3) is 5.91 Å². The molecule has 1 rings (SSSR count). The van der Waals surface area contributed by atoms with Crippen LogP contribution >= 0.6 is 11.6 Å². The molecule has 3 amide bonds. The highest BCUT2D eigenvalue weighted by molar-refractivity contribution is 6.30. The van der Waals surface area contributed by atoms with Crippen molar-refractivity contribution in [1.29, 1.82) is 0 Å². The topological polar surface area (TPSA) is 67.4 Å². The van der Waals surface area contributed by atoms with E-state index in [1.54, 1.807) is 32.0 Å². The molecule has 6 heteroatoms. The Hall–Kier alpha value is -1.75. The summed E-state index contributed by atoms with van der Waals surface area (Å²) in [6, 6.07) is 4.52. The minimum absolute atomic E-state index is 0.0350. The minimum atomic E-state index is -0.531. The molecule has 19 heavy (non-hydrogen) atoms. The van der Waals surface area contributed by atoms with Crippen LogP contribution in [0.1, 0.15) is 19.4 Å². The number of hydrogen-bond donors (Lipinski definition) is 2. The highest BCUT2D eigenvalue weighted by atomic mass is 35.5. The molecule has 0 aliphatic rings. The van der Waals surface area contributed by atoms with Crippen molar-refractivity contribution in [2.75, 3.05) is 6.61 Å². The van der Waals surface area contributed by atoms with Crippen LogP contribution in [-0.2, 0) is 4.79 Å². The molecule has 0 radical (unpaired) electrons. The summed E-state index contributed by atoms with van der Waals surface area (Å²) in [5.41, 5.74) is 0.826. The van der Waals surface area contributed by atoms with Crippen molar-refractivity contribution in [3.63, 3.8) is 0 Å². The third kappa shape index (κ3) is 5.61. The van der Waals surface area contributed by atoms with Crippen molar-refractivity contribution in [3.05, 3.63) is 28.8 Å². The monoisotopic (exact) mass is 284 g/mol. The molecule has 0 bridgehead atoms. The molecule has 1 aromatic carbocycles. The summed E-state index contributed by atoms with van der Waals surface area (Å²) in [7, 11) is 0. The van der Waals surface area contributed by atoms with Crippen LogP contribution in [0.4, 0.5) is 4.79 Å². The van der Waals surface area contributed by atoms with Crippen molar-refractivity contribution in [1.82, 2.24) is 10.6 Å². The Morgan fingerprint density at radius 3 is 2.63 bits per heavy atom. The van der Waals surface area contributed by atoms with Gasteiger partial charge < -0.3 is 10.1 Å². The van der Waals surface area contributed by atoms with Crippen LogP contribution in [-0.4, -0.2) is 24.6 Å². The fourth-order valence-electron chi connectivity index (χ4n) is 1.38.